The predicted molar refractivity (Wildman–Crippen MR) is 99.8 cm³/mol. The van der Waals surface area contributed by atoms with E-state index in [0.29, 0.717) is 23.8 Å². The molecule has 0 aliphatic carbocycles. The van der Waals surface area contributed by atoms with Crippen molar-refractivity contribution >= 4 is 5.91 Å². The van der Waals surface area contributed by atoms with Crippen LogP contribution in [0, 0.1) is 6.92 Å². The fraction of sp³-hybridized carbons (Fsp3) is 0.0952. The summed E-state index contributed by atoms with van der Waals surface area (Å²) in [7, 11) is 0. The zero-order chi connectivity index (χ0) is 18.6. The maximum absolute atomic E-state index is 12.3. The average Bonchev–Trinajstić information content (AvgIpc) is 3.36. The highest BCUT2D eigenvalue weighted by Crippen LogP contribution is 2.22. The number of amides is 1. The molecule has 4 aromatic rings. The second-order valence-corrected chi connectivity index (χ2v) is 6.06. The third kappa shape index (κ3) is 3.79. The summed E-state index contributed by atoms with van der Waals surface area (Å²) in [6.45, 7) is 2.21. The highest BCUT2D eigenvalue weighted by Gasteiger charge is 2.12. The van der Waals surface area contributed by atoms with Crippen molar-refractivity contribution in [2.75, 3.05) is 0 Å². The first-order valence-corrected chi connectivity index (χ1v) is 8.52. The summed E-state index contributed by atoms with van der Waals surface area (Å²) in [5.74, 6) is 2.30. The van der Waals surface area contributed by atoms with Crippen LogP contribution in [-0.2, 0) is 6.54 Å². The Labute approximate surface area is 155 Å². The number of hydrogen-bond donors (Lipinski definition) is 1. The lowest BCUT2D eigenvalue weighted by molar-refractivity contribution is 0.0948. The van der Waals surface area contributed by atoms with Crippen molar-refractivity contribution in [3.63, 3.8) is 0 Å². The minimum Gasteiger partial charge on any atom is -0.465 e. The molecule has 0 radical (unpaired) electrons. The minimum atomic E-state index is -0.175. The summed E-state index contributed by atoms with van der Waals surface area (Å²) in [5.41, 5.74) is 2.18. The number of rotatable bonds is 5. The molecule has 0 saturated carbocycles. The monoisotopic (exact) mass is 359 g/mol. The van der Waals surface area contributed by atoms with Gasteiger partial charge in [0, 0.05) is 16.7 Å². The molecule has 0 unspecified atom stereocenters. The van der Waals surface area contributed by atoms with E-state index in [1.54, 1.807) is 24.3 Å². The van der Waals surface area contributed by atoms with Crippen LogP contribution in [-0.4, -0.2) is 16.0 Å². The third-order valence-electron chi connectivity index (χ3n) is 4.07. The van der Waals surface area contributed by atoms with Gasteiger partial charge >= 0.3 is 0 Å². The molecule has 2 heterocycles. The number of nitrogens with one attached hydrogen (secondary N) is 1. The number of carbonyl (C=O) groups excluding carboxylic acids is 1. The highest BCUT2D eigenvalue weighted by molar-refractivity contribution is 5.94. The van der Waals surface area contributed by atoms with Crippen LogP contribution in [0.4, 0.5) is 0 Å². The van der Waals surface area contributed by atoms with Gasteiger partial charge in [0.15, 0.2) is 0 Å². The first kappa shape index (κ1) is 16.8. The van der Waals surface area contributed by atoms with Gasteiger partial charge in [-0.15, -0.1) is 0 Å². The van der Waals surface area contributed by atoms with Crippen LogP contribution < -0.4 is 5.32 Å². The Bertz CT molecular complexity index is 1050. The van der Waals surface area contributed by atoms with Gasteiger partial charge in [0.1, 0.15) is 11.5 Å². The lowest BCUT2D eigenvalue weighted by Gasteiger charge is -2.04. The maximum atomic E-state index is 12.3. The van der Waals surface area contributed by atoms with Crippen molar-refractivity contribution in [1.29, 1.82) is 0 Å². The van der Waals surface area contributed by atoms with Gasteiger partial charge in [0.25, 0.3) is 11.8 Å². The van der Waals surface area contributed by atoms with Crippen LogP contribution >= 0.6 is 0 Å². The van der Waals surface area contributed by atoms with Crippen LogP contribution in [0.5, 0.6) is 0 Å². The summed E-state index contributed by atoms with van der Waals surface area (Å²) in [5, 5.41) is 6.84. The van der Waals surface area contributed by atoms with Gasteiger partial charge < -0.3 is 14.3 Å². The van der Waals surface area contributed by atoms with Crippen LogP contribution in [0.25, 0.3) is 22.8 Å². The first-order chi connectivity index (χ1) is 13.2. The maximum Gasteiger partial charge on any atom is 0.258 e. The van der Waals surface area contributed by atoms with E-state index in [0.717, 1.165) is 22.6 Å². The summed E-state index contributed by atoms with van der Waals surface area (Å²) in [6.07, 6.45) is 0. The molecule has 0 atom stereocenters. The summed E-state index contributed by atoms with van der Waals surface area (Å²) >= 11 is 0. The number of furan rings is 1. The van der Waals surface area contributed by atoms with E-state index in [-0.39, 0.29) is 5.91 Å². The SMILES string of the molecule is Cc1ccc(CNC(=O)c2ccc(-c3nc(-c4ccccc4)no3)cc2)o1. The second-order valence-electron chi connectivity index (χ2n) is 6.06. The molecule has 0 bridgehead atoms. The molecule has 0 spiro atoms. The number of aromatic nitrogens is 2. The van der Waals surface area contributed by atoms with Crippen LogP contribution in [0.2, 0.25) is 0 Å². The molecule has 0 aliphatic heterocycles. The first-order valence-electron chi connectivity index (χ1n) is 8.52. The molecule has 27 heavy (non-hydrogen) atoms. The third-order valence-corrected chi connectivity index (χ3v) is 4.07. The molecule has 6 heteroatoms. The molecule has 0 aliphatic rings. The van der Waals surface area contributed by atoms with Gasteiger partial charge in [-0.1, -0.05) is 35.5 Å². The largest absolute Gasteiger partial charge is 0.465 e. The molecule has 2 aromatic heterocycles. The summed E-state index contributed by atoms with van der Waals surface area (Å²) in [6, 6.07) is 20.3. The van der Waals surface area contributed by atoms with E-state index in [4.69, 9.17) is 8.94 Å². The number of benzene rings is 2. The fourth-order valence-corrected chi connectivity index (χ4v) is 2.66. The van der Waals surface area contributed by atoms with E-state index < -0.39 is 0 Å². The zero-order valence-electron chi connectivity index (χ0n) is 14.7. The fourth-order valence-electron chi connectivity index (χ4n) is 2.66. The summed E-state index contributed by atoms with van der Waals surface area (Å²) in [4.78, 5) is 16.7. The Balaban J connectivity index is 1.44. The van der Waals surface area contributed by atoms with E-state index in [1.165, 1.54) is 0 Å². The van der Waals surface area contributed by atoms with Crippen molar-refractivity contribution in [2.24, 2.45) is 0 Å². The smallest absolute Gasteiger partial charge is 0.258 e. The zero-order valence-corrected chi connectivity index (χ0v) is 14.7. The van der Waals surface area contributed by atoms with Gasteiger partial charge in [-0.2, -0.15) is 4.98 Å². The van der Waals surface area contributed by atoms with Crippen molar-refractivity contribution in [3.8, 4) is 22.8 Å². The molecule has 2 aromatic carbocycles. The van der Waals surface area contributed by atoms with E-state index >= 15 is 0 Å². The molecule has 6 nitrogen and oxygen atoms in total. The van der Waals surface area contributed by atoms with Crippen LogP contribution in [0.3, 0.4) is 0 Å². The van der Waals surface area contributed by atoms with Crippen LogP contribution in [0.15, 0.2) is 75.7 Å². The molecule has 4 rings (SSSR count). The number of hydrogen-bond acceptors (Lipinski definition) is 5. The molecule has 1 amide bonds. The highest BCUT2D eigenvalue weighted by atomic mass is 16.5. The molecular formula is C21H17N3O3. The Kier molecular flexibility index (Phi) is 4.53. The van der Waals surface area contributed by atoms with Crippen molar-refractivity contribution in [2.45, 2.75) is 13.5 Å². The molecule has 0 saturated heterocycles. The van der Waals surface area contributed by atoms with Gasteiger partial charge in [-0.05, 0) is 43.3 Å². The van der Waals surface area contributed by atoms with Crippen molar-refractivity contribution < 1.29 is 13.7 Å². The Hall–Kier alpha value is -3.67. The standard InChI is InChI=1S/C21H17N3O3/c1-14-7-12-18(26-14)13-22-20(25)16-8-10-17(11-9-16)21-23-19(24-27-21)15-5-3-2-4-6-15/h2-12H,13H2,1H3,(H,22,25). The summed E-state index contributed by atoms with van der Waals surface area (Å²) < 4.78 is 10.8. The van der Waals surface area contributed by atoms with E-state index in [1.807, 2.05) is 49.4 Å². The minimum absolute atomic E-state index is 0.175. The average molecular weight is 359 g/mol. The number of carbonyl (C=O) groups is 1. The normalized spacial score (nSPS) is 10.7. The van der Waals surface area contributed by atoms with E-state index in [9.17, 15) is 4.79 Å². The second kappa shape index (κ2) is 7.29. The molecule has 134 valence electrons. The lowest BCUT2D eigenvalue weighted by atomic mass is 10.1. The number of aryl methyl sites for hydroxylation is 1. The molecule has 0 fully saturated rings. The van der Waals surface area contributed by atoms with Crippen LogP contribution in [0.1, 0.15) is 21.9 Å². The lowest BCUT2D eigenvalue weighted by Crippen LogP contribution is -2.22. The van der Waals surface area contributed by atoms with Gasteiger partial charge in [-0.25, -0.2) is 0 Å². The van der Waals surface area contributed by atoms with Gasteiger partial charge in [0.05, 0.1) is 6.54 Å². The Morgan fingerprint density at radius 1 is 0.963 bits per heavy atom. The molecular weight excluding hydrogens is 342 g/mol. The Morgan fingerprint density at radius 2 is 1.74 bits per heavy atom. The quantitative estimate of drug-likeness (QED) is 0.576. The van der Waals surface area contributed by atoms with Gasteiger partial charge in [0.2, 0.25) is 5.82 Å². The molecule has 1 N–H and O–H groups in total. The Morgan fingerprint density at radius 3 is 2.44 bits per heavy atom. The predicted octanol–water partition coefficient (Wildman–Crippen LogP) is 4.24. The van der Waals surface area contributed by atoms with Gasteiger partial charge in [-0.3, -0.25) is 4.79 Å². The topological polar surface area (TPSA) is 81.2 Å². The number of nitrogens with zero attached hydrogens (tertiary/aromatic N) is 2. The van der Waals surface area contributed by atoms with Crippen molar-refractivity contribution in [3.05, 3.63) is 83.8 Å². The van der Waals surface area contributed by atoms with Crippen molar-refractivity contribution in [1.82, 2.24) is 15.5 Å². The van der Waals surface area contributed by atoms with E-state index in [2.05, 4.69) is 15.5 Å².